The van der Waals surface area contributed by atoms with Gasteiger partial charge < -0.3 is 4.42 Å². The number of rotatable bonds is 4. The van der Waals surface area contributed by atoms with E-state index in [1.165, 1.54) is 65.9 Å². The molecule has 0 amide bonds. The zero-order chi connectivity index (χ0) is 28.9. The van der Waals surface area contributed by atoms with E-state index in [1.54, 1.807) is 0 Å². The molecule has 0 N–H and O–H groups in total. The molecule has 0 saturated carbocycles. The highest BCUT2D eigenvalue weighted by Crippen LogP contribution is 2.47. The van der Waals surface area contributed by atoms with E-state index in [4.69, 9.17) is 4.42 Å². The van der Waals surface area contributed by atoms with E-state index in [1.807, 2.05) is 0 Å². The van der Waals surface area contributed by atoms with Gasteiger partial charge in [-0.05, 0) is 80.9 Å². The third-order valence-electron chi connectivity index (χ3n) is 8.77. The lowest BCUT2D eigenvalue weighted by molar-refractivity contribution is 0.670. The van der Waals surface area contributed by atoms with Crippen molar-refractivity contribution in [1.29, 1.82) is 0 Å². The molecule has 7 aromatic carbocycles. The van der Waals surface area contributed by atoms with Crippen molar-refractivity contribution in [3.63, 3.8) is 0 Å². The molecule has 1 heterocycles. The summed E-state index contributed by atoms with van der Waals surface area (Å²) in [5.41, 5.74) is 11.6. The van der Waals surface area contributed by atoms with Crippen molar-refractivity contribution in [2.75, 3.05) is 0 Å². The summed E-state index contributed by atoms with van der Waals surface area (Å²) >= 11 is 0. The first-order chi connectivity index (χ1) is 21.2. The van der Waals surface area contributed by atoms with Crippen molar-refractivity contribution in [2.45, 2.75) is 13.8 Å². The summed E-state index contributed by atoms with van der Waals surface area (Å²) in [5.74, 6) is 0. The van der Waals surface area contributed by atoms with Gasteiger partial charge in [-0.2, -0.15) is 0 Å². The van der Waals surface area contributed by atoms with Gasteiger partial charge in [-0.15, -0.1) is 0 Å². The number of fused-ring (bicyclic) bond motifs is 5. The van der Waals surface area contributed by atoms with Crippen molar-refractivity contribution in [2.24, 2.45) is 0 Å². The zero-order valence-electron chi connectivity index (χ0n) is 24.3. The van der Waals surface area contributed by atoms with Crippen LogP contribution in [-0.2, 0) is 0 Å². The standard InChI is InChI=1S/C42H30O/c1-3-13-28-24-25-38-39(27(28)2)36-22-12-23-37(42(36)43-38)41-34-20-9-7-18-32(34)40(33-19-8-10-21-35(33)41)31-17-11-16-30(26-31)29-14-5-4-6-15-29/h3-26H,1-2H3/b13-3-. The van der Waals surface area contributed by atoms with Gasteiger partial charge in [0.2, 0.25) is 0 Å². The molecule has 204 valence electrons. The van der Waals surface area contributed by atoms with Gasteiger partial charge >= 0.3 is 0 Å². The number of hydrogen-bond donors (Lipinski definition) is 0. The Labute approximate surface area is 251 Å². The van der Waals surface area contributed by atoms with E-state index in [-0.39, 0.29) is 0 Å². The van der Waals surface area contributed by atoms with E-state index in [9.17, 15) is 0 Å². The number of benzene rings is 7. The summed E-state index contributed by atoms with van der Waals surface area (Å²) in [6.07, 6.45) is 4.27. The Morgan fingerprint density at radius 2 is 1.09 bits per heavy atom. The molecule has 0 aliphatic carbocycles. The third kappa shape index (κ3) is 4.00. The molecular formula is C42H30O. The first-order valence-corrected chi connectivity index (χ1v) is 14.9. The van der Waals surface area contributed by atoms with Crippen LogP contribution in [-0.4, -0.2) is 0 Å². The van der Waals surface area contributed by atoms with E-state index in [0.29, 0.717) is 0 Å². The Hall–Kier alpha value is -5.40. The maximum Gasteiger partial charge on any atom is 0.143 e. The fourth-order valence-electron chi connectivity index (χ4n) is 6.85. The maximum absolute atomic E-state index is 6.71. The second-order valence-corrected chi connectivity index (χ2v) is 11.2. The molecule has 0 saturated heterocycles. The minimum absolute atomic E-state index is 0.927. The molecule has 8 aromatic rings. The van der Waals surface area contributed by atoms with E-state index < -0.39 is 0 Å². The SMILES string of the molecule is C/C=C\c1ccc2oc3c(-c4c5ccccc5c(-c5cccc(-c6ccccc6)c5)c5ccccc45)cccc3c2c1C. The van der Waals surface area contributed by atoms with Crippen molar-refractivity contribution in [3.8, 4) is 33.4 Å². The Bertz CT molecular complexity index is 2290. The summed E-state index contributed by atoms with van der Waals surface area (Å²) in [6.45, 7) is 4.26. The van der Waals surface area contributed by atoms with Gasteiger partial charge in [-0.1, -0.05) is 133 Å². The minimum Gasteiger partial charge on any atom is -0.455 e. The normalized spacial score (nSPS) is 11.9. The lowest BCUT2D eigenvalue weighted by atomic mass is 9.85. The van der Waals surface area contributed by atoms with E-state index in [0.717, 1.165) is 22.1 Å². The third-order valence-corrected chi connectivity index (χ3v) is 8.77. The first-order valence-electron chi connectivity index (χ1n) is 14.9. The summed E-state index contributed by atoms with van der Waals surface area (Å²) in [7, 11) is 0. The number of furan rings is 1. The van der Waals surface area contributed by atoms with Crippen LogP contribution in [0.3, 0.4) is 0 Å². The average Bonchev–Trinajstić information content (AvgIpc) is 3.45. The quantitative estimate of drug-likeness (QED) is 0.199. The molecule has 0 atom stereocenters. The highest BCUT2D eigenvalue weighted by molar-refractivity contribution is 6.24. The fraction of sp³-hybridized carbons (Fsp3) is 0.0476. The number of allylic oxidation sites excluding steroid dienone is 1. The molecule has 0 fully saturated rings. The van der Waals surface area contributed by atoms with Crippen LogP contribution in [0.1, 0.15) is 18.1 Å². The number of para-hydroxylation sites is 1. The predicted molar refractivity (Wildman–Crippen MR) is 184 cm³/mol. The molecule has 1 aromatic heterocycles. The maximum atomic E-state index is 6.71. The lowest BCUT2D eigenvalue weighted by Crippen LogP contribution is -1.91. The molecular weight excluding hydrogens is 520 g/mol. The van der Waals surface area contributed by atoms with Crippen LogP contribution in [0.15, 0.2) is 144 Å². The van der Waals surface area contributed by atoms with Crippen LogP contribution in [0.2, 0.25) is 0 Å². The number of hydrogen-bond acceptors (Lipinski definition) is 1. The summed E-state index contributed by atoms with van der Waals surface area (Å²) < 4.78 is 6.71. The summed E-state index contributed by atoms with van der Waals surface area (Å²) in [4.78, 5) is 0. The Morgan fingerprint density at radius 3 is 1.79 bits per heavy atom. The topological polar surface area (TPSA) is 13.1 Å². The van der Waals surface area contributed by atoms with Crippen LogP contribution >= 0.6 is 0 Å². The van der Waals surface area contributed by atoms with Gasteiger partial charge in [-0.25, -0.2) is 0 Å². The van der Waals surface area contributed by atoms with Crippen LogP contribution in [0.5, 0.6) is 0 Å². The van der Waals surface area contributed by atoms with Crippen LogP contribution in [0, 0.1) is 6.92 Å². The zero-order valence-corrected chi connectivity index (χ0v) is 24.3. The summed E-state index contributed by atoms with van der Waals surface area (Å²) in [6, 6.07) is 48.1. The Kier molecular flexibility index (Phi) is 5.98. The fourth-order valence-corrected chi connectivity index (χ4v) is 6.85. The van der Waals surface area contributed by atoms with Gasteiger partial charge in [0.15, 0.2) is 0 Å². The first kappa shape index (κ1) is 25.3. The number of aryl methyl sites for hydroxylation is 1. The van der Waals surface area contributed by atoms with Crippen LogP contribution in [0.4, 0.5) is 0 Å². The largest absolute Gasteiger partial charge is 0.455 e. The van der Waals surface area contributed by atoms with Crippen LogP contribution < -0.4 is 0 Å². The molecule has 43 heavy (non-hydrogen) atoms. The molecule has 0 spiro atoms. The molecule has 0 aliphatic rings. The molecule has 0 unspecified atom stereocenters. The minimum atomic E-state index is 0.927. The Balaban J connectivity index is 1.45. The molecule has 0 aliphatic heterocycles. The second-order valence-electron chi connectivity index (χ2n) is 11.2. The highest BCUT2D eigenvalue weighted by atomic mass is 16.3. The van der Waals surface area contributed by atoms with Crippen molar-refractivity contribution < 1.29 is 4.42 Å². The monoisotopic (exact) mass is 550 g/mol. The summed E-state index contributed by atoms with van der Waals surface area (Å²) in [5, 5.41) is 7.27. The smallest absolute Gasteiger partial charge is 0.143 e. The van der Waals surface area contributed by atoms with Gasteiger partial charge in [0.25, 0.3) is 0 Å². The molecule has 0 bridgehead atoms. The van der Waals surface area contributed by atoms with Crippen molar-refractivity contribution >= 4 is 49.6 Å². The predicted octanol–water partition coefficient (Wildman–Crippen LogP) is 12.2. The van der Waals surface area contributed by atoms with Gasteiger partial charge in [0.05, 0.1) is 0 Å². The lowest BCUT2D eigenvalue weighted by Gasteiger charge is -2.18. The molecule has 1 heteroatoms. The van der Waals surface area contributed by atoms with Crippen molar-refractivity contribution in [3.05, 3.63) is 151 Å². The molecule has 8 rings (SSSR count). The Morgan fingerprint density at radius 1 is 0.512 bits per heavy atom. The van der Waals surface area contributed by atoms with Gasteiger partial charge in [0.1, 0.15) is 11.2 Å². The van der Waals surface area contributed by atoms with E-state index in [2.05, 4.69) is 159 Å². The second kappa shape index (κ2) is 10.2. The van der Waals surface area contributed by atoms with Gasteiger partial charge in [-0.3, -0.25) is 0 Å². The average molecular weight is 551 g/mol. The van der Waals surface area contributed by atoms with Gasteiger partial charge in [0, 0.05) is 21.9 Å². The highest BCUT2D eigenvalue weighted by Gasteiger charge is 2.21. The molecule has 1 nitrogen and oxygen atoms in total. The van der Waals surface area contributed by atoms with Crippen LogP contribution in [0.25, 0.3) is 82.9 Å². The van der Waals surface area contributed by atoms with E-state index >= 15 is 0 Å². The molecule has 0 radical (unpaired) electrons. The van der Waals surface area contributed by atoms with Crippen molar-refractivity contribution in [1.82, 2.24) is 0 Å².